The second-order valence-corrected chi connectivity index (χ2v) is 3.46. The van der Waals surface area contributed by atoms with Crippen molar-refractivity contribution in [3.8, 4) is 0 Å². The van der Waals surface area contributed by atoms with Crippen LogP contribution >= 0.6 is 0 Å². The number of anilines is 1. The summed E-state index contributed by atoms with van der Waals surface area (Å²) in [5, 5.41) is 8.98. The summed E-state index contributed by atoms with van der Waals surface area (Å²) in [7, 11) is 1.75. The minimum absolute atomic E-state index is 0.0217. The van der Waals surface area contributed by atoms with Gasteiger partial charge in [-0.2, -0.15) is 0 Å². The van der Waals surface area contributed by atoms with Gasteiger partial charge in [-0.1, -0.05) is 0 Å². The zero-order valence-corrected chi connectivity index (χ0v) is 8.77. The minimum atomic E-state index is -0.439. The predicted octanol–water partition coefficient (Wildman–Crippen LogP) is 1.46. The molecule has 15 heavy (non-hydrogen) atoms. The Labute approximate surface area is 88.1 Å². The van der Waals surface area contributed by atoms with E-state index in [4.69, 9.17) is 5.11 Å². The SMILES string of the molecule is CC(CO)N(C)c1ccc(F)cc1C=O. The molecule has 0 bridgehead atoms. The topological polar surface area (TPSA) is 40.5 Å². The molecule has 0 aromatic heterocycles. The second kappa shape index (κ2) is 4.89. The zero-order chi connectivity index (χ0) is 11.4. The van der Waals surface area contributed by atoms with Crippen LogP contribution in [-0.2, 0) is 0 Å². The number of nitrogens with zero attached hydrogens (tertiary/aromatic N) is 1. The molecular weight excluding hydrogens is 197 g/mol. The predicted molar refractivity (Wildman–Crippen MR) is 56.7 cm³/mol. The summed E-state index contributed by atoms with van der Waals surface area (Å²) in [4.78, 5) is 12.5. The van der Waals surface area contributed by atoms with Crippen LogP contribution in [0.3, 0.4) is 0 Å². The molecule has 0 aliphatic rings. The molecule has 0 radical (unpaired) electrons. The van der Waals surface area contributed by atoms with Gasteiger partial charge in [0, 0.05) is 24.3 Å². The fourth-order valence-corrected chi connectivity index (χ4v) is 1.30. The Hall–Kier alpha value is -1.42. The van der Waals surface area contributed by atoms with Crippen LogP contribution in [0.25, 0.3) is 0 Å². The van der Waals surface area contributed by atoms with Gasteiger partial charge < -0.3 is 10.0 Å². The van der Waals surface area contributed by atoms with Crippen LogP contribution in [0, 0.1) is 5.82 Å². The number of rotatable bonds is 4. The van der Waals surface area contributed by atoms with Crippen LogP contribution in [0.15, 0.2) is 18.2 Å². The first-order valence-corrected chi connectivity index (χ1v) is 4.68. The van der Waals surface area contributed by atoms with E-state index in [-0.39, 0.29) is 18.2 Å². The zero-order valence-electron chi connectivity index (χ0n) is 8.77. The van der Waals surface area contributed by atoms with E-state index in [1.165, 1.54) is 18.2 Å². The standard InChI is InChI=1S/C11H14FNO2/c1-8(6-14)13(2)11-4-3-10(12)5-9(11)7-15/h3-5,7-8,14H,6H2,1-2H3. The largest absolute Gasteiger partial charge is 0.394 e. The summed E-state index contributed by atoms with van der Waals surface area (Å²) in [6, 6.07) is 3.89. The van der Waals surface area contributed by atoms with Crippen molar-refractivity contribution in [2.24, 2.45) is 0 Å². The van der Waals surface area contributed by atoms with Gasteiger partial charge in [-0.25, -0.2) is 4.39 Å². The Balaban J connectivity index is 3.07. The molecule has 3 nitrogen and oxygen atoms in total. The van der Waals surface area contributed by atoms with Crippen molar-refractivity contribution in [2.45, 2.75) is 13.0 Å². The lowest BCUT2D eigenvalue weighted by atomic mass is 10.1. The summed E-state index contributed by atoms with van der Waals surface area (Å²) in [6.07, 6.45) is 0.610. The molecular formula is C11H14FNO2. The maximum absolute atomic E-state index is 12.9. The van der Waals surface area contributed by atoms with Crippen LogP contribution < -0.4 is 4.90 Å². The van der Waals surface area contributed by atoms with Gasteiger partial charge in [0.25, 0.3) is 0 Å². The maximum atomic E-state index is 12.9. The molecule has 0 saturated heterocycles. The molecule has 82 valence electrons. The molecule has 0 heterocycles. The van der Waals surface area contributed by atoms with Crippen LogP contribution in [0.5, 0.6) is 0 Å². The fourth-order valence-electron chi connectivity index (χ4n) is 1.30. The van der Waals surface area contributed by atoms with Gasteiger partial charge in [0.15, 0.2) is 6.29 Å². The summed E-state index contributed by atoms with van der Waals surface area (Å²) < 4.78 is 12.9. The second-order valence-electron chi connectivity index (χ2n) is 3.46. The first kappa shape index (κ1) is 11.7. The van der Waals surface area contributed by atoms with Crippen molar-refractivity contribution in [2.75, 3.05) is 18.6 Å². The molecule has 1 aromatic rings. The number of carbonyl (C=O) groups excluding carboxylic acids is 1. The van der Waals surface area contributed by atoms with E-state index in [0.29, 0.717) is 12.0 Å². The number of halogens is 1. The highest BCUT2D eigenvalue weighted by Gasteiger charge is 2.12. The number of hydrogen-bond acceptors (Lipinski definition) is 3. The minimum Gasteiger partial charge on any atom is -0.394 e. The average Bonchev–Trinajstić information content (AvgIpc) is 2.26. The Morgan fingerprint density at radius 3 is 2.80 bits per heavy atom. The lowest BCUT2D eigenvalue weighted by Gasteiger charge is -2.26. The molecule has 0 spiro atoms. The number of carbonyl (C=O) groups is 1. The van der Waals surface area contributed by atoms with Crippen molar-refractivity contribution in [1.29, 1.82) is 0 Å². The molecule has 0 fully saturated rings. The Bertz CT molecular complexity index is 354. The quantitative estimate of drug-likeness (QED) is 0.766. The smallest absolute Gasteiger partial charge is 0.152 e. The maximum Gasteiger partial charge on any atom is 0.152 e. The van der Waals surface area contributed by atoms with Crippen LogP contribution in [0.1, 0.15) is 17.3 Å². The molecule has 1 rings (SSSR count). The Morgan fingerprint density at radius 1 is 1.60 bits per heavy atom. The number of aldehydes is 1. The van der Waals surface area contributed by atoms with Gasteiger partial charge >= 0.3 is 0 Å². The fraction of sp³-hybridized carbons (Fsp3) is 0.364. The Kier molecular flexibility index (Phi) is 3.80. The van der Waals surface area contributed by atoms with Gasteiger partial charge in [-0.3, -0.25) is 4.79 Å². The van der Waals surface area contributed by atoms with Crippen molar-refractivity contribution in [1.82, 2.24) is 0 Å². The van der Waals surface area contributed by atoms with Gasteiger partial charge in [-0.15, -0.1) is 0 Å². The monoisotopic (exact) mass is 211 g/mol. The van der Waals surface area contributed by atoms with Gasteiger partial charge in [0.2, 0.25) is 0 Å². The van der Waals surface area contributed by atoms with Crippen molar-refractivity contribution >= 4 is 12.0 Å². The van der Waals surface area contributed by atoms with Crippen molar-refractivity contribution in [3.05, 3.63) is 29.6 Å². The van der Waals surface area contributed by atoms with E-state index in [9.17, 15) is 9.18 Å². The first-order valence-electron chi connectivity index (χ1n) is 4.68. The van der Waals surface area contributed by atoms with Crippen LogP contribution in [-0.4, -0.2) is 31.1 Å². The summed E-state index contributed by atoms with van der Waals surface area (Å²) in [5.74, 6) is -0.439. The molecule has 1 N–H and O–H groups in total. The van der Waals surface area contributed by atoms with Crippen molar-refractivity contribution in [3.63, 3.8) is 0 Å². The molecule has 0 aliphatic heterocycles. The number of likely N-dealkylation sites (N-methyl/N-ethyl adjacent to an activating group) is 1. The van der Waals surface area contributed by atoms with E-state index in [1.54, 1.807) is 11.9 Å². The number of aliphatic hydroxyl groups excluding tert-OH is 1. The van der Waals surface area contributed by atoms with E-state index < -0.39 is 5.82 Å². The summed E-state index contributed by atoms with van der Waals surface area (Å²) in [6.45, 7) is 1.80. The number of benzene rings is 1. The molecule has 0 aliphatic carbocycles. The third-order valence-corrected chi connectivity index (χ3v) is 2.42. The molecule has 1 unspecified atom stereocenters. The number of aliphatic hydroxyl groups is 1. The van der Waals surface area contributed by atoms with Gasteiger partial charge in [0.05, 0.1) is 6.61 Å². The van der Waals surface area contributed by atoms with E-state index in [1.807, 2.05) is 6.92 Å². The average molecular weight is 211 g/mol. The normalized spacial score (nSPS) is 12.3. The highest BCUT2D eigenvalue weighted by atomic mass is 19.1. The lowest BCUT2D eigenvalue weighted by molar-refractivity contribution is 0.112. The third-order valence-electron chi connectivity index (χ3n) is 2.42. The van der Waals surface area contributed by atoms with Crippen LogP contribution in [0.2, 0.25) is 0 Å². The molecule has 4 heteroatoms. The molecule has 1 atom stereocenters. The van der Waals surface area contributed by atoms with E-state index in [2.05, 4.69) is 0 Å². The molecule has 1 aromatic carbocycles. The van der Waals surface area contributed by atoms with E-state index in [0.717, 1.165) is 0 Å². The van der Waals surface area contributed by atoms with Gasteiger partial charge in [-0.05, 0) is 25.1 Å². The van der Waals surface area contributed by atoms with E-state index >= 15 is 0 Å². The molecule has 0 saturated carbocycles. The lowest BCUT2D eigenvalue weighted by Crippen LogP contribution is -2.32. The first-order chi connectivity index (χ1) is 7.10. The summed E-state index contributed by atoms with van der Waals surface area (Å²) in [5.41, 5.74) is 0.908. The summed E-state index contributed by atoms with van der Waals surface area (Å²) >= 11 is 0. The highest BCUT2D eigenvalue weighted by Crippen LogP contribution is 2.20. The van der Waals surface area contributed by atoms with Gasteiger partial charge in [0.1, 0.15) is 5.82 Å². The number of hydrogen-bond donors (Lipinski definition) is 1. The van der Waals surface area contributed by atoms with Crippen LogP contribution in [0.4, 0.5) is 10.1 Å². The van der Waals surface area contributed by atoms with Crippen molar-refractivity contribution < 1.29 is 14.3 Å². The molecule has 0 amide bonds. The Morgan fingerprint density at radius 2 is 2.27 bits per heavy atom. The third kappa shape index (κ3) is 2.53. The highest BCUT2D eigenvalue weighted by molar-refractivity contribution is 5.84.